The Hall–Kier alpha value is -0.120. The molecule has 0 spiro atoms. The zero-order valence-corrected chi connectivity index (χ0v) is 17.0. The van der Waals surface area contributed by atoms with Crippen LogP contribution in [-0.2, 0) is 9.47 Å². The van der Waals surface area contributed by atoms with Gasteiger partial charge >= 0.3 is 29.6 Å². The molecule has 0 aromatic heterocycles. The van der Waals surface area contributed by atoms with Crippen LogP contribution in [0.2, 0.25) is 0 Å². The topological polar surface area (TPSA) is 99.1 Å². The van der Waals surface area contributed by atoms with Crippen LogP contribution in [0.15, 0.2) is 29.2 Å². The summed E-state index contributed by atoms with van der Waals surface area (Å²) >= 11 is 1.53. The van der Waals surface area contributed by atoms with Gasteiger partial charge in [0.2, 0.25) is 0 Å². The third-order valence-electron chi connectivity index (χ3n) is 4.57. The Bertz CT molecular complexity index is 567. The number of aromatic carboxylic acids is 1. The number of carboxylic acids is 1. The molecule has 1 aromatic carbocycles. The number of carbonyl (C=O) groups is 1. The van der Waals surface area contributed by atoms with Crippen molar-refractivity contribution in [1.82, 2.24) is 0 Å². The van der Waals surface area contributed by atoms with Crippen LogP contribution in [0.5, 0.6) is 0 Å². The molecular weight excluding hydrogens is 355 g/mol. The Kier molecular flexibility index (Phi) is 8.23. The van der Waals surface area contributed by atoms with Crippen molar-refractivity contribution in [2.24, 2.45) is 5.92 Å². The number of fused-ring (bicyclic) bond motifs is 6. The van der Waals surface area contributed by atoms with Crippen molar-refractivity contribution in [2.75, 3.05) is 12.4 Å². The van der Waals surface area contributed by atoms with Crippen molar-refractivity contribution in [3.8, 4) is 0 Å². The standard InChI is InChI=1S/C17H22O6S.Na/c18-14-12-3-1-2-8-22-17(15(14)19)23-13(12)9-24-11-6-4-10(5-7-11)16(20)21;/h4-7,12-15,17-19H,1-3,8-9H2,(H,20,21);/q;+1/p-1. The molecule has 3 heterocycles. The van der Waals surface area contributed by atoms with Gasteiger partial charge in [-0.3, -0.25) is 0 Å². The summed E-state index contributed by atoms with van der Waals surface area (Å²) in [5.74, 6) is -0.732. The molecule has 2 bridgehead atoms. The van der Waals surface area contributed by atoms with Gasteiger partial charge in [-0.1, -0.05) is 18.6 Å². The number of ether oxygens (including phenoxy) is 2. The number of hydrogen-bond acceptors (Lipinski definition) is 7. The van der Waals surface area contributed by atoms with Gasteiger partial charge in [0.1, 0.15) is 6.10 Å². The maximum atomic E-state index is 10.8. The molecule has 8 heteroatoms. The van der Waals surface area contributed by atoms with Gasteiger partial charge in [0, 0.05) is 23.2 Å². The van der Waals surface area contributed by atoms with E-state index < -0.39 is 24.5 Å². The summed E-state index contributed by atoms with van der Waals surface area (Å²) in [5.41, 5.74) is 0.143. The summed E-state index contributed by atoms with van der Waals surface area (Å²) in [6.45, 7) is 0.520. The van der Waals surface area contributed by atoms with E-state index in [2.05, 4.69) is 0 Å². The first kappa shape index (κ1) is 21.2. The zero-order chi connectivity index (χ0) is 17.1. The molecule has 0 amide bonds. The molecule has 25 heavy (non-hydrogen) atoms. The van der Waals surface area contributed by atoms with E-state index in [0.717, 1.165) is 24.2 Å². The fourth-order valence-electron chi connectivity index (χ4n) is 3.19. The van der Waals surface area contributed by atoms with E-state index in [-0.39, 0.29) is 47.1 Å². The van der Waals surface area contributed by atoms with E-state index in [4.69, 9.17) is 9.47 Å². The molecule has 5 atom stereocenters. The van der Waals surface area contributed by atoms with Crippen molar-refractivity contribution in [1.29, 1.82) is 0 Å². The van der Waals surface area contributed by atoms with E-state index in [1.165, 1.54) is 23.9 Å². The van der Waals surface area contributed by atoms with Gasteiger partial charge in [0.05, 0.1) is 18.2 Å². The zero-order valence-electron chi connectivity index (χ0n) is 14.2. The molecule has 3 aliphatic rings. The summed E-state index contributed by atoms with van der Waals surface area (Å²) < 4.78 is 11.4. The SMILES string of the molecule is O=C([O-])c1ccc(SCC2OC3OCCCCC2C(O)C3O)cc1.[Na+]. The largest absolute Gasteiger partial charge is 1.00 e. The fourth-order valence-corrected chi connectivity index (χ4v) is 4.20. The molecule has 0 saturated carbocycles. The van der Waals surface area contributed by atoms with Crippen LogP contribution in [0.4, 0.5) is 0 Å². The predicted octanol–water partition coefficient (Wildman–Crippen LogP) is -2.59. The number of aliphatic hydroxyl groups is 2. The minimum atomic E-state index is -1.20. The molecule has 3 fully saturated rings. The molecule has 0 radical (unpaired) electrons. The summed E-state index contributed by atoms with van der Waals surface area (Å²) in [6.07, 6.45) is -0.294. The van der Waals surface area contributed by atoms with Crippen LogP contribution >= 0.6 is 11.8 Å². The van der Waals surface area contributed by atoms with Crippen LogP contribution < -0.4 is 34.7 Å². The summed E-state index contributed by atoms with van der Waals surface area (Å²) in [6, 6.07) is 6.47. The molecule has 3 saturated heterocycles. The van der Waals surface area contributed by atoms with Crippen LogP contribution in [-0.4, -0.2) is 53.1 Å². The van der Waals surface area contributed by atoms with Gasteiger partial charge in [-0.15, -0.1) is 11.8 Å². The van der Waals surface area contributed by atoms with Crippen molar-refractivity contribution in [2.45, 2.75) is 48.8 Å². The molecular formula is C17H21NaO6S. The molecule has 2 N–H and O–H groups in total. The van der Waals surface area contributed by atoms with Gasteiger partial charge < -0.3 is 29.6 Å². The predicted molar refractivity (Wildman–Crippen MR) is 85.5 cm³/mol. The number of rotatable bonds is 4. The number of carboxylic acid groups (broad SMARTS) is 1. The van der Waals surface area contributed by atoms with E-state index in [1.54, 1.807) is 12.1 Å². The summed E-state index contributed by atoms with van der Waals surface area (Å²) in [7, 11) is 0. The first-order valence-electron chi connectivity index (χ1n) is 8.13. The van der Waals surface area contributed by atoms with Crippen LogP contribution in [0.3, 0.4) is 0 Å². The fraction of sp³-hybridized carbons (Fsp3) is 0.588. The minimum Gasteiger partial charge on any atom is -0.545 e. The van der Waals surface area contributed by atoms with Gasteiger partial charge in [-0.25, -0.2) is 0 Å². The molecule has 3 aliphatic heterocycles. The van der Waals surface area contributed by atoms with E-state index in [0.29, 0.717) is 12.4 Å². The Morgan fingerprint density at radius 2 is 1.92 bits per heavy atom. The molecule has 4 rings (SSSR count). The Morgan fingerprint density at radius 1 is 1.20 bits per heavy atom. The number of hydrogen-bond donors (Lipinski definition) is 2. The van der Waals surface area contributed by atoms with Crippen molar-refractivity contribution >= 4 is 17.7 Å². The molecule has 0 aliphatic carbocycles. The number of thioether (sulfide) groups is 1. The Morgan fingerprint density at radius 3 is 2.60 bits per heavy atom. The smallest absolute Gasteiger partial charge is 0.545 e. The van der Waals surface area contributed by atoms with E-state index in [1.807, 2.05) is 0 Å². The quantitative estimate of drug-likeness (QED) is 0.440. The van der Waals surface area contributed by atoms with E-state index in [9.17, 15) is 20.1 Å². The third kappa shape index (κ3) is 5.20. The molecule has 6 nitrogen and oxygen atoms in total. The van der Waals surface area contributed by atoms with E-state index >= 15 is 0 Å². The number of aliphatic hydroxyl groups excluding tert-OH is 2. The average molecular weight is 376 g/mol. The summed E-state index contributed by atoms with van der Waals surface area (Å²) in [4.78, 5) is 11.7. The second-order valence-electron chi connectivity index (χ2n) is 6.18. The second kappa shape index (κ2) is 9.71. The third-order valence-corrected chi connectivity index (χ3v) is 5.67. The first-order chi connectivity index (χ1) is 11.6. The molecule has 5 unspecified atom stereocenters. The van der Waals surface area contributed by atoms with Crippen LogP contribution in [0.1, 0.15) is 29.6 Å². The Labute approximate surface area is 173 Å². The van der Waals surface area contributed by atoms with Crippen molar-refractivity contribution in [3.05, 3.63) is 29.8 Å². The Balaban J connectivity index is 0.00000225. The van der Waals surface area contributed by atoms with Crippen LogP contribution in [0, 0.1) is 5.92 Å². The van der Waals surface area contributed by atoms with Crippen LogP contribution in [0.25, 0.3) is 0 Å². The monoisotopic (exact) mass is 376 g/mol. The average Bonchev–Trinajstić information content (AvgIpc) is 2.72. The maximum Gasteiger partial charge on any atom is 1.00 e. The number of benzene rings is 1. The van der Waals surface area contributed by atoms with Gasteiger partial charge in [0.25, 0.3) is 0 Å². The van der Waals surface area contributed by atoms with Gasteiger partial charge in [0.15, 0.2) is 6.29 Å². The van der Waals surface area contributed by atoms with Gasteiger partial charge in [-0.2, -0.15) is 0 Å². The van der Waals surface area contributed by atoms with Gasteiger partial charge in [-0.05, 0) is 30.5 Å². The second-order valence-corrected chi connectivity index (χ2v) is 7.27. The first-order valence-corrected chi connectivity index (χ1v) is 9.12. The number of carbonyl (C=O) groups excluding carboxylic acids is 1. The maximum absolute atomic E-state index is 10.8. The van der Waals surface area contributed by atoms with Crippen molar-refractivity contribution in [3.63, 3.8) is 0 Å². The normalized spacial score (nSPS) is 32.2. The minimum absolute atomic E-state index is 0. The molecule has 132 valence electrons. The summed E-state index contributed by atoms with van der Waals surface area (Å²) in [5, 5.41) is 31.3. The molecule has 1 aromatic rings. The van der Waals surface area contributed by atoms with Crippen molar-refractivity contribution < 1.29 is 59.1 Å².